The smallest absolute Gasteiger partial charge is 0.254 e. The molecule has 3 aromatic carbocycles. The number of amides is 2. The second-order valence-electron chi connectivity index (χ2n) is 16.6. The summed E-state index contributed by atoms with van der Waals surface area (Å²) in [7, 11) is 0. The van der Waals surface area contributed by atoms with E-state index in [4.69, 9.17) is 47.4 Å². The first-order valence-corrected chi connectivity index (χ1v) is 25.5. The van der Waals surface area contributed by atoms with E-state index in [9.17, 15) is 9.59 Å². The predicted molar refractivity (Wildman–Crippen MR) is 267 cm³/mol. The first kappa shape index (κ1) is 52.0. The molecular formula is C52H68N2O12S2. The van der Waals surface area contributed by atoms with Gasteiger partial charge in [-0.25, -0.2) is 0 Å². The molecule has 0 unspecified atom stereocenters. The largest absolute Gasteiger partial charge is 0.377 e. The molecule has 2 fully saturated rings. The number of hydrogen-bond acceptors (Lipinski definition) is 14. The van der Waals surface area contributed by atoms with Gasteiger partial charge in [0, 0.05) is 56.8 Å². The number of carbonyl (C=O) groups excluding carboxylic acids is 2. The molecule has 2 aromatic heterocycles. The summed E-state index contributed by atoms with van der Waals surface area (Å²) in [6.07, 6.45) is 0. The molecule has 0 radical (unpaired) electrons. The van der Waals surface area contributed by atoms with Crippen LogP contribution in [0.5, 0.6) is 0 Å². The Morgan fingerprint density at radius 3 is 0.882 bits per heavy atom. The topological polar surface area (TPSA) is 133 Å². The van der Waals surface area contributed by atoms with Gasteiger partial charge in [0.05, 0.1) is 132 Å². The van der Waals surface area contributed by atoms with Gasteiger partial charge in [0.2, 0.25) is 0 Å². The minimum Gasteiger partial charge on any atom is -0.377 e. The summed E-state index contributed by atoms with van der Waals surface area (Å²) in [6.45, 7) is 18.8. The van der Waals surface area contributed by atoms with E-state index in [0.717, 1.165) is 43.8 Å². The van der Waals surface area contributed by atoms with Gasteiger partial charge >= 0.3 is 0 Å². The Labute approximate surface area is 408 Å². The van der Waals surface area contributed by atoms with Gasteiger partial charge in [0.15, 0.2) is 0 Å². The maximum atomic E-state index is 14.7. The average molecular weight is 977 g/mol. The molecule has 0 atom stereocenters. The van der Waals surface area contributed by atoms with E-state index < -0.39 is 0 Å². The molecule has 370 valence electrons. The molecule has 0 bridgehead atoms. The average Bonchev–Trinajstić information content (AvgIpc) is 3.86. The number of thiophene rings is 2. The Bertz CT molecular complexity index is 2180. The molecule has 16 heteroatoms. The first-order chi connectivity index (χ1) is 33.3. The lowest BCUT2D eigenvalue weighted by Gasteiger charge is -2.25. The summed E-state index contributed by atoms with van der Waals surface area (Å²) in [5, 5.41) is 3.92. The number of rotatable bonds is 4. The van der Waals surface area contributed by atoms with E-state index in [2.05, 4.69) is 64.1 Å². The third-order valence-electron chi connectivity index (χ3n) is 11.8. The van der Waals surface area contributed by atoms with Crippen LogP contribution in [-0.4, -0.2) is 180 Å². The number of carbonyl (C=O) groups is 2. The van der Waals surface area contributed by atoms with Crippen LogP contribution in [0.2, 0.25) is 0 Å². The Morgan fingerprint density at radius 1 is 0.368 bits per heavy atom. The Kier molecular flexibility index (Phi) is 21.0. The first-order valence-electron chi connectivity index (χ1n) is 23.8. The molecule has 4 heterocycles. The second-order valence-corrected chi connectivity index (χ2v) is 19.6. The number of benzene rings is 3. The van der Waals surface area contributed by atoms with Gasteiger partial charge in [-0.05, 0) is 108 Å². The van der Waals surface area contributed by atoms with E-state index in [-0.39, 0.29) is 11.8 Å². The van der Waals surface area contributed by atoms with Crippen molar-refractivity contribution < 1.29 is 57.0 Å². The van der Waals surface area contributed by atoms with Crippen molar-refractivity contribution in [2.45, 2.75) is 27.7 Å². The zero-order valence-electron chi connectivity index (χ0n) is 40.2. The maximum absolute atomic E-state index is 14.7. The molecule has 0 saturated carbocycles. The fourth-order valence-electron chi connectivity index (χ4n) is 8.48. The summed E-state index contributed by atoms with van der Waals surface area (Å²) in [5.74, 6) is -0.214. The number of aryl methyl sites for hydroxylation is 4. The highest BCUT2D eigenvalue weighted by atomic mass is 32.1. The molecule has 2 amide bonds. The van der Waals surface area contributed by atoms with Crippen LogP contribution >= 0.6 is 22.7 Å². The van der Waals surface area contributed by atoms with E-state index >= 15 is 0 Å². The van der Waals surface area contributed by atoms with E-state index in [1.807, 2.05) is 21.9 Å². The molecule has 2 aliphatic heterocycles. The zero-order chi connectivity index (χ0) is 47.5. The highest BCUT2D eigenvalue weighted by Crippen LogP contribution is 2.49. The maximum Gasteiger partial charge on any atom is 0.254 e. The summed E-state index contributed by atoms with van der Waals surface area (Å²) in [5.41, 5.74) is 5.44. The van der Waals surface area contributed by atoms with Gasteiger partial charge in [0.1, 0.15) is 0 Å². The van der Waals surface area contributed by atoms with Crippen molar-refractivity contribution in [2.24, 2.45) is 0 Å². The van der Waals surface area contributed by atoms with Crippen molar-refractivity contribution in [3.05, 3.63) is 79.2 Å². The van der Waals surface area contributed by atoms with Gasteiger partial charge in [0.25, 0.3) is 11.8 Å². The zero-order valence-corrected chi connectivity index (χ0v) is 41.8. The summed E-state index contributed by atoms with van der Waals surface area (Å²) in [6, 6.07) is 16.6. The van der Waals surface area contributed by atoms with Crippen LogP contribution in [-0.2, 0) is 47.4 Å². The van der Waals surface area contributed by atoms with Crippen LogP contribution in [0.3, 0.4) is 0 Å². The Morgan fingerprint density at radius 2 is 0.632 bits per heavy atom. The van der Waals surface area contributed by atoms with Crippen molar-refractivity contribution in [2.75, 3.05) is 158 Å². The number of hydrogen-bond donors (Lipinski definition) is 0. The summed E-state index contributed by atoms with van der Waals surface area (Å²) in [4.78, 5) is 37.8. The van der Waals surface area contributed by atoms with Gasteiger partial charge < -0.3 is 57.2 Å². The van der Waals surface area contributed by atoms with Crippen LogP contribution in [0.25, 0.3) is 43.8 Å². The molecule has 14 nitrogen and oxygen atoms in total. The molecule has 68 heavy (non-hydrogen) atoms. The van der Waals surface area contributed by atoms with Gasteiger partial charge in [-0.15, -0.1) is 22.7 Å². The standard InChI is InChI=1S/C52H68N2O12S2/c1-37-33-45(39(3)67-37)49-47-35-41(51(55)53-9-13-57-17-21-61-25-29-65-30-26-62-22-18-58-14-10-53)5-7-43(47)44-8-6-42(36-48(44)50(49)46-34-38(2)68-40(46)4)52(56)54-11-15-59-19-23-63-27-31-66-32-28-64-24-20-60-16-12-54/h5-8,33-36H,9-32H2,1-4H3. The summed E-state index contributed by atoms with van der Waals surface area (Å²) < 4.78 is 57.5. The number of nitrogens with zero attached hydrogens (tertiary/aromatic N) is 2. The molecule has 0 N–H and O–H groups in total. The SMILES string of the molecule is Cc1cc(-c2c(-c3cc(C)sc3C)c3cc(C(=O)N4CCOCCOCCOCCOCCOCC4)ccc3c3ccc(C(=O)N4CCOCCOCCOCCOCCOCC4)cc23)c(C)s1. The third-order valence-corrected chi connectivity index (χ3v) is 13.7. The molecule has 2 saturated heterocycles. The lowest BCUT2D eigenvalue weighted by molar-refractivity contribution is -0.0176. The monoisotopic (exact) mass is 976 g/mol. The van der Waals surface area contributed by atoms with Gasteiger partial charge in [-0.1, -0.05) is 12.1 Å². The summed E-state index contributed by atoms with van der Waals surface area (Å²) >= 11 is 3.51. The van der Waals surface area contributed by atoms with Crippen molar-refractivity contribution in [3.8, 4) is 22.3 Å². The molecule has 2 aliphatic rings. The van der Waals surface area contributed by atoms with Crippen LogP contribution in [0.1, 0.15) is 40.2 Å². The van der Waals surface area contributed by atoms with Crippen LogP contribution < -0.4 is 0 Å². The van der Waals surface area contributed by atoms with Crippen molar-refractivity contribution in [1.29, 1.82) is 0 Å². The lowest BCUT2D eigenvalue weighted by Crippen LogP contribution is -2.37. The Balaban J connectivity index is 1.27. The van der Waals surface area contributed by atoms with Crippen molar-refractivity contribution in [3.63, 3.8) is 0 Å². The van der Waals surface area contributed by atoms with E-state index in [0.29, 0.717) is 169 Å². The van der Waals surface area contributed by atoms with E-state index in [1.165, 1.54) is 19.5 Å². The minimum atomic E-state index is -0.107. The second kappa shape index (κ2) is 27.5. The fourth-order valence-corrected chi connectivity index (χ4v) is 10.3. The Hall–Kier alpha value is -3.88. The van der Waals surface area contributed by atoms with Crippen LogP contribution in [0, 0.1) is 27.7 Å². The highest BCUT2D eigenvalue weighted by Gasteiger charge is 2.26. The van der Waals surface area contributed by atoms with Crippen molar-refractivity contribution >= 4 is 56.0 Å². The van der Waals surface area contributed by atoms with Crippen LogP contribution in [0.4, 0.5) is 0 Å². The number of fused-ring (bicyclic) bond motifs is 3. The van der Waals surface area contributed by atoms with Gasteiger partial charge in [-0.2, -0.15) is 0 Å². The fraction of sp³-hybridized carbons (Fsp3) is 0.538. The lowest BCUT2D eigenvalue weighted by atomic mass is 9.84. The molecule has 5 aromatic rings. The van der Waals surface area contributed by atoms with Crippen molar-refractivity contribution in [1.82, 2.24) is 9.80 Å². The molecule has 0 spiro atoms. The van der Waals surface area contributed by atoms with Crippen LogP contribution in [0.15, 0.2) is 48.5 Å². The van der Waals surface area contributed by atoms with Gasteiger partial charge in [-0.3, -0.25) is 9.59 Å². The minimum absolute atomic E-state index is 0.107. The molecule has 0 aliphatic carbocycles. The van der Waals surface area contributed by atoms with E-state index in [1.54, 1.807) is 22.7 Å². The highest BCUT2D eigenvalue weighted by molar-refractivity contribution is 7.12. The predicted octanol–water partition coefficient (Wildman–Crippen LogP) is 7.76. The third kappa shape index (κ3) is 14.6. The normalized spacial score (nSPS) is 18.7. The molecule has 7 rings (SSSR count). The molecular weight excluding hydrogens is 909 g/mol. The quantitative estimate of drug-likeness (QED) is 0.163. The number of ether oxygens (including phenoxy) is 10.